The molecule has 0 radical (unpaired) electrons. The molecule has 1 aliphatic heterocycles. The second-order valence-electron chi connectivity index (χ2n) is 7.03. The Morgan fingerprint density at radius 1 is 1.14 bits per heavy atom. The largest absolute Gasteiger partial charge is 0.344 e. The van der Waals surface area contributed by atoms with Gasteiger partial charge in [-0.25, -0.2) is 9.97 Å². The van der Waals surface area contributed by atoms with Crippen molar-refractivity contribution in [2.24, 2.45) is 0 Å². The lowest BCUT2D eigenvalue weighted by molar-refractivity contribution is 0.0784. The first-order chi connectivity index (χ1) is 13.5. The maximum Gasteiger partial charge on any atom is 0.274 e. The quantitative estimate of drug-likeness (QED) is 0.673. The molecule has 8 nitrogen and oxygen atoms in total. The van der Waals surface area contributed by atoms with E-state index in [1.807, 2.05) is 6.92 Å². The third-order valence-electron chi connectivity index (χ3n) is 4.85. The molecule has 3 aromatic heterocycles. The Balaban J connectivity index is 1.66. The number of hydrogen-bond donors (Lipinski definition) is 0. The van der Waals surface area contributed by atoms with Gasteiger partial charge in [0.25, 0.3) is 11.8 Å². The number of carbonyl (C=O) groups excluding carboxylic acids is 2. The van der Waals surface area contributed by atoms with Gasteiger partial charge in [0.2, 0.25) is 0 Å². The van der Waals surface area contributed by atoms with Gasteiger partial charge in [0.1, 0.15) is 16.0 Å². The highest BCUT2D eigenvalue weighted by Gasteiger charge is 2.34. The van der Waals surface area contributed by atoms with E-state index in [9.17, 15) is 9.59 Å². The number of aromatic nitrogens is 4. The molecule has 2 amide bonds. The monoisotopic (exact) mass is 396 g/mol. The summed E-state index contributed by atoms with van der Waals surface area (Å²) < 4.78 is 0. The second kappa shape index (κ2) is 7.23. The van der Waals surface area contributed by atoms with Crippen LogP contribution < -0.4 is 0 Å². The van der Waals surface area contributed by atoms with Crippen LogP contribution in [-0.2, 0) is 0 Å². The lowest BCUT2D eigenvalue weighted by Crippen LogP contribution is -2.29. The number of likely N-dealkylation sites (tertiary alicyclic amines) is 1. The molecule has 9 heteroatoms. The Bertz CT molecular complexity index is 1050. The van der Waals surface area contributed by atoms with Crippen LogP contribution in [0.15, 0.2) is 24.8 Å². The van der Waals surface area contributed by atoms with Gasteiger partial charge in [-0.3, -0.25) is 19.6 Å². The minimum atomic E-state index is -0.138. The Hall–Kier alpha value is -2.94. The van der Waals surface area contributed by atoms with E-state index < -0.39 is 0 Å². The van der Waals surface area contributed by atoms with Crippen molar-refractivity contribution in [1.82, 2.24) is 29.7 Å². The number of fused-ring (bicyclic) bond motifs is 1. The van der Waals surface area contributed by atoms with Gasteiger partial charge in [-0.2, -0.15) is 0 Å². The summed E-state index contributed by atoms with van der Waals surface area (Å²) in [4.78, 5) is 47.5. The average molecular weight is 396 g/mol. The van der Waals surface area contributed by atoms with Gasteiger partial charge in [-0.1, -0.05) is 0 Å². The lowest BCUT2D eigenvalue weighted by atomic mass is 9.97. The van der Waals surface area contributed by atoms with Crippen LogP contribution in [-0.4, -0.2) is 68.7 Å². The SMILES string of the molecule is Cc1cnc(C(=O)N2CCC(c3c(C(=O)N(C)C)sc4nccnc34)C2)cn1. The highest BCUT2D eigenvalue weighted by molar-refractivity contribution is 7.20. The van der Waals surface area contributed by atoms with Crippen molar-refractivity contribution in [3.05, 3.63) is 46.6 Å². The zero-order valence-corrected chi connectivity index (χ0v) is 16.7. The smallest absolute Gasteiger partial charge is 0.274 e. The van der Waals surface area contributed by atoms with Gasteiger partial charge in [0.15, 0.2) is 0 Å². The molecule has 1 fully saturated rings. The van der Waals surface area contributed by atoms with Crippen LogP contribution >= 0.6 is 11.3 Å². The van der Waals surface area contributed by atoms with Crippen LogP contribution in [0.5, 0.6) is 0 Å². The Morgan fingerprint density at radius 3 is 2.64 bits per heavy atom. The van der Waals surface area contributed by atoms with Gasteiger partial charge in [-0.15, -0.1) is 11.3 Å². The summed E-state index contributed by atoms with van der Waals surface area (Å²) in [6, 6.07) is 0. The molecule has 1 unspecified atom stereocenters. The van der Waals surface area contributed by atoms with Crippen molar-refractivity contribution in [3.8, 4) is 0 Å². The highest BCUT2D eigenvalue weighted by atomic mass is 32.1. The van der Waals surface area contributed by atoms with E-state index in [1.165, 1.54) is 17.5 Å². The summed E-state index contributed by atoms with van der Waals surface area (Å²) in [5, 5.41) is 0. The van der Waals surface area contributed by atoms with E-state index in [2.05, 4.69) is 19.9 Å². The lowest BCUT2D eigenvalue weighted by Gasteiger charge is -2.17. The molecular formula is C19H20N6O2S. The molecule has 28 heavy (non-hydrogen) atoms. The van der Waals surface area contributed by atoms with Crippen LogP contribution in [0, 0.1) is 6.92 Å². The van der Waals surface area contributed by atoms with Crippen molar-refractivity contribution < 1.29 is 9.59 Å². The minimum absolute atomic E-state index is 0.0340. The van der Waals surface area contributed by atoms with Crippen LogP contribution in [0.2, 0.25) is 0 Å². The molecule has 3 aromatic rings. The number of hydrogen-bond acceptors (Lipinski definition) is 7. The third kappa shape index (κ3) is 3.22. The van der Waals surface area contributed by atoms with Gasteiger partial charge < -0.3 is 9.80 Å². The summed E-state index contributed by atoms with van der Waals surface area (Å²) in [7, 11) is 3.47. The van der Waals surface area contributed by atoms with Crippen molar-refractivity contribution in [1.29, 1.82) is 0 Å². The maximum absolute atomic E-state index is 12.8. The molecule has 4 heterocycles. The number of aryl methyl sites for hydroxylation is 1. The molecule has 1 atom stereocenters. The molecule has 0 aromatic carbocycles. The van der Waals surface area contributed by atoms with Gasteiger partial charge >= 0.3 is 0 Å². The summed E-state index contributed by atoms with van der Waals surface area (Å²) in [6.45, 7) is 2.95. The first kappa shape index (κ1) is 18.4. The number of carbonyl (C=O) groups is 2. The van der Waals surface area contributed by atoms with Crippen molar-refractivity contribution in [2.75, 3.05) is 27.2 Å². The Labute approximate surface area is 166 Å². The Morgan fingerprint density at radius 2 is 1.93 bits per heavy atom. The van der Waals surface area contributed by atoms with Crippen LogP contribution in [0.3, 0.4) is 0 Å². The van der Waals surface area contributed by atoms with E-state index in [0.29, 0.717) is 23.7 Å². The van der Waals surface area contributed by atoms with Crippen molar-refractivity contribution in [3.63, 3.8) is 0 Å². The van der Waals surface area contributed by atoms with E-state index in [4.69, 9.17) is 0 Å². The van der Waals surface area contributed by atoms with Gasteiger partial charge in [0, 0.05) is 57.3 Å². The second-order valence-corrected chi connectivity index (χ2v) is 8.03. The van der Waals surface area contributed by atoms with E-state index >= 15 is 0 Å². The fourth-order valence-corrected chi connectivity index (χ4v) is 4.64. The average Bonchev–Trinajstić information content (AvgIpc) is 3.31. The fraction of sp³-hybridized carbons (Fsp3) is 0.368. The molecule has 1 saturated heterocycles. The molecule has 0 spiro atoms. The first-order valence-electron chi connectivity index (χ1n) is 8.98. The first-order valence-corrected chi connectivity index (χ1v) is 9.80. The summed E-state index contributed by atoms with van der Waals surface area (Å²) >= 11 is 1.36. The number of nitrogens with zero attached hydrogens (tertiary/aromatic N) is 6. The van der Waals surface area contributed by atoms with Gasteiger partial charge in [0.05, 0.1) is 16.8 Å². The topological polar surface area (TPSA) is 92.2 Å². The van der Waals surface area contributed by atoms with E-state index in [-0.39, 0.29) is 17.7 Å². The normalized spacial score (nSPS) is 16.5. The van der Waals surface area contributed by atoms with Crippen LogP contribution in [0.25, 0.3) is 10.3 Å². The molecule has 0 saturated carbocycles. The zero-order valence-electron chi connectivity index (χ0n) is 15.9. The molecule has 0 bridgehead atoms. The van der Waals surface area contributed by atoms with Crippen LogP contribution in [0.4, 0.5) is 0 Å². The number of amides is 2. The third-order valence-corrected chi connectivity index (χ3v) is 5.94. The van der Waals surface area contributed by atoms with Crippen molar-refractivity contribution >= 4 is 33.5 Å². The molecule has 4 rings (SSSR count). The molecular weight excluding hydrogens is 376 g/mol. The summed E-state index contributed by atoms with van der Waals surface area (Å²) in [5.74, 6) is -0.165. The van der Waals surface area contributed by atoms with E-state index in [1.54, 1.807) is 42.5 Å². The molecule has 0 N–H and O–H groups in total. The number of rotatable bonds is 3. The molecule has 1 aliphatic rings. The maximum atomic E-state index is 12.8. The fourth-order valence-electron chi connectivity index (χ4n) is 3.43. The molecule has 0 aliphatic carbocycles. The predicted molar refractivity (Wildman–Crippen MR) is 105 cm³/mol. The highest BCUT2D eigenvalue weighted by Crippen LogP contribution is 2.39. The summed E-state index contributed by atoms with van der Waals surface area (Å²) in [6.07, 6.45) is 7.14. The zero-order chi connectivity index (χ0) is 19.8. The van der Waals surface area contributed by atoms with Crippen LogP contribution in [0.1, 0.15) is 43.8 Å². The van der Waals surface area contributed by atoms with Crippen molar-refractivity contribution in [2.45, 2.75) is 19.3 Å². The van der Waals surface area contributed by atoms with E-state index in [0.717, 1.165) is 28.0 Å². The summed E-state index contributed by atoms with van der Waals surface area (Å²) in [5.41, 5.74) is 2.76. The molecule has 144 valence electrons. The predicted octanol–water partition coefficient (Wildman–Crippen LogP) is 2.12. The standard InChI is InChI=1S/C19H20N6O2S/c1-11-8-23-13(9-22-11)18(26)25-7-4-12(10-25)14-15-17(21-6-5-20-15)28-16(14)19(27)24(2)3/h5-6,8-9,12H,4,7,10H2,1-3H3. The minimum Gasteiger partial charge on any atom is -0.344 e. The number of thiophene rings is 1. The van der Waals surface area contributed by atoms with Gasteiger partial charge in [-0.05, 0) is 13.3 Å². The Kier molecular flexibility index (Phi) is 4.76.